The molecule has 0 heterocycles. The molecule has 1 saturated carbocycles. The van der Waals surface area contributed by atoms with Gasteiger partial charge in [-0.1, -0.05) is 27.2 Å². The second-order valence-electron chi connectivity index (χ2n) is 5.49. The molecule has 0 aromatic carbocycles. The number of likely N-dealkylation sites (N-methyl/N-ethyl adjacent to an activating group) is 1. The smallest absolute Gasteiger partial charge is 0.233 e. The van der Waals surface area contributed by atoms with Crippen LogP contribution >= 0.6 is 0 Å². The molecular formula is C13H26N2O. The van der Waals surface area contributed by atoms with Crippen LogP contribution in [0.2, 0.25) is 0 Å². The molecule has 3 unspecified atom stereocenters. The quantitative estimate of drug-likeness (QED) is 0.767. The lowest BCUT2D eigenvalue weighted by Gasteiger charge is -2.37. The van der Waals surface area contributed by atoms with Gasteiger partial charge in [0.1, 0.15) is 0 Å². The van der Waals surface area contributed by atoms with Gasteiger partial charge >= 0.3 is 0 Å². The van der Waals surface area contributed by atoms with Crippen LogP contribution in [0, 0.1) is 17.8 Å². The molecule has 3 atom stereocenters. The summed E-state index contributed by atoms with van der Waals surface area (Å²) < 4.78 is 0. The summed E-state index contributed by atoms with van der Waals surface area (Å²) in [6.45, 7) is 7.34. The van der Waals surface area contributed by atoms with Crippen molar-refractivity contribution in [2.45, 2.75) is 46.1 Å². The minimum atomic E-state index is 0.0840. The summed E-state index contributed by atoms with van der Waals surface area (Å²) in [4.78, 5) is 11.2. The van der Waals surface area contributed by atoms with Gasteiger partial charge < -0.3 is 10.6 Å². The largest absolute Gasteiger partial charge is 0.358 e. The Balaban J connectivity index is 2.47. The number of hydrogen-bond donors (Lipinski definition) is 2. The maximum atomic E-state index is 11.2. The Morgan fingerprint density at radius 1 is 1.38 bits per heavy atom. The molecule has 1 aliphatic rings. The lowest BCUT2D eigenvalue weighted by molar-refractivity contribution is -0.120. The first-order valence-corrected chi connectivity index (χ1v) is 6.48. The van der Waals surface area contributed by atoms with Gasteiger partial charge in [0.05, 0.1) is 6.54 Å². The van der Waals surface area contributed by atoms with Crippen LogP contribution in [-0.2, 0) is 4.79 Å². The highest BCUT2D eigenvalue weighted by molar-refractivity contribution is 5.77. The third kappa shape index (κ3) is 3.78. The average Bonchev–Trinajstić information content (AvgIpc) is 2.25. The van der Waals surface area contributed by atoms with Gasteiger partial charge in [-0.3, -0.25) is 4.79 Å². The third-order valence-electron chi connectivity index (χ3n) is 3.83. The van der Waals surface area contributed by atoms with Crippen LogP contribution in [0.4, 0.5) is 0 Å². The van der Waals surface area contributed by atoms with Crippen LogP contribution < -0.4 is 10.6 Å². The zero-order valence-electron chi connectivity index (χ0n) is 11.0. The van der Waals surface area contributed by atoms with Gasteiger partial charge in [0.25, 0.3) is 0 Å². The van der Waals surface area contributed by atoms with Crippen molar-refractivity contribution in [2.24, 2.45) is 17.8 Å². The minimum absolute atomic E-state index is 0.0840. The average molecular weight is 226 g/mol. The summed E-state index contributed by atoms with van der Waals surface area (Å²) in [5, 5.41) is 6.08. The van der Waals surface area contributed by atoms with Crippen LogP contribution in [-0.4, -0.2) is 25.5 Å². The van der Waals surface area contributed by atoms with E-state index >= 15 is 0 Å². The SMILES string of the molecule is CNC(=O)CNC1CC(C)CCC1C(C)C. The number of rotatable bonds is 4. The Kier molecular flexibility index (Phi) is 5.26. The Morgan fingerprint density at radius 3 is 2.62 bits per heavy atom. The van der Waals surface area contributed by atoms with E-state index in [0.29, 0.717) is 18.5 Å². The zero-order valence-corrected chi connectivity index (χ0v) is 11.0. The highest BCUT2D eigenvalue weighted by Gasteiger charge is 2.30. The maximum Gasteiger partial charge on any atom is 0.233 e. The molecule has 16 heavy (non-hydrogen) atoms. The van der Waals surface area contributed by atoms with Crippen molar-refractivity contribution in [1.82, 2.24) is 10.6 Å². The van der Waals surface area contributed by atoms with Gasteiger partial charge in [-0.15, -0.1) is 0 Å². The van der Waals surface area contributed by atoms with Crippen LogP contribution in [0.25, 0.3) is 0 Å². The number of amides is 1. The van der Waals surface area contributed by atoms with E-state index in [9.17, 15) is 4.79 Å². The highest BCUT2D eigenvalue weighted by atomic mass is 16.1. The second-order valence-corrected chi connectivity index (χ2v) is 5.49. The summed E-state index contributed by atoms with van der Waals surface area (Å²) in [7, 11) is 1.69. The van der Waals surface area contributed by atoms with Crippen molar-refractivity contribution < 1.29 is 4.79 Å². The monoisotopic (exact) mass is 226 g/mol. The fourth-order valence-corrected chi connectivity index (χ4v) is 2.75. The van der Waals surface area contributed by atoms with Crippen LogP contribution in [0.5, 0.6) is 0 Å². The fraction of sp³-hybridized carbons (Fsp3) is 0.923. The summed E-state index contributed by atoms with van der Waals surface area (Å²) in [6, 6.07) is 0.515. The van der Waals surface area contributed by atoms with E-state index in [-0.39, 0.29) is 5.91 Å². The zero-order chi connectivity index (χ0) is 12.1. The molecule has 0 aromatic rings. The predicted molar refractivity (Wildman–Crippen MR) is 67.2 cm³/mol. The molecular weight excluding hydrogens is 200 g/mol. The number of hydrogen-bond acceptors (Lipinski definition) is 2. The molecule has 1 rings (SSSR count). The van der Waals surface area contributed by atoms with Gasteiger partial charge in [0.2, 0.25) is 5.91 Å². The topological polar surface area (TPSA) is 41.1 Å². The summed E-state index contributed by atoms with van der Waals surface area (Å²) >= 11 is 0. The summed E-state index contributed by atoms with van der Waals surface area (Å²) in [5.41, 5.74) is 0. The lowest BCUT2D eigenvalue weighted by atomic mass is 9.74. The van der Waals surface area contributed by atoms with E-state index in [2.05, 4.69) is 31.4 Å². The lowest BCUT2D eigenvalue weighted by Crippen LogP contribution is -2.46. The van der Waals surface area contributed by atoms with Crippen LogP contribution in [0.15, 0.2) is 0 Å². The molecule has 1 amide bonds. The molecule has 0 aliphatic heterocycles. The Bertz CT molecular complexity index is 228. The van der Waals surface area contributed by atoms with Gasteiger partial charge in [-0.05, 0) is 30.6 Å². The molecule has 0 radical (unpaired) electrons. The van der Waals surface area contributed by atoms with Crippen LogP contribution in [0.3, 0.4) is 0 Å². The first-order valence-electron chi connectivity index (χ1n) is 6.48. The predicted octanol–water partition coefficient (Wildman–Crippen LogP) is 1.78. The molecule has 0 spiro atoms. The van der Waals surface area contributed by atoms with Gasteiger partial charge in [-0.25, -0.2) is 0 Å². The molecule has 94 valence electrons. The third-order valence-corrected chi connectivity index (χ3v) is 3.83. The van der Waals surface area contributed by atoms with Gasteiger partial charge in [-0.2, -0.15) is 0 Å². The van der Waals surface area contributed by atoms with E-state index in [4.69, 9.17) is 0 Å². The van der Waals surface area contributed by atoms with Gasteiger partial charge in [0, 0.05) is 13.1 Å². The second kappa shape index (κ2) is 6.24. The summed E-state index contributed by atoms with van der Waals surface area (Å²) in [5.74, 6) is 2.30. The molecule has 3 heteroatoms. The standard InChI is InChI=1S/C13H26N2O/c1-9(2)11-6-5-10(3)7-12(11)15-8-13(16)14-4/h9-12,15H,5-8H2,1-4H3,(H,14,16). The normalized spacial score (nSPS) is 30.4. The maximum absolute atomic E-state index is 11.2. The molecule has 2 N–H and O–H groups in total. The molecule has 0 bridgehead atoms. The first kappa shape index (κ1) is 13.5. The highest BCUT2D eigenvalue weighted by Crippen LogP contribution is 2.33. The number of nitrogens with one attached hydrogen (secondary N) is 2. The Hall–Kier alpha value is -0.570. The van der Waals surface area contributed by atoms with Crippen LogP contribution in [0.1, 0.15) is 40.0 Å². The van der Waals surface area contributed by atoms with Gasteiger partial charge in [0.15, 0.2) is 0 Å². The van der Waals surface area contributed by atoms with E-state index in [1.54, 1.807) is 7.05 Å². The van der Waals surface area contributed by atoms with E-state index in [1.165, 1.54) is 19.3 Å². The molecule has 0 saturated heterocycles. The van der Waals surface area contributed by atoms with Crippen molar-refractivity contribution >= 4 is 5.91 Å². The van der Waals surface area contributed by atoms with Crippen molar-refractivity contribution in [3.05, 3.63) is 0 Å². The minimum Gasteiger partial charge on any atom is -0.358 e. The number of carbonyl (C=O) groups excluding carboxylic acids is 1. The number of carbonyl (C=O) groups is 1. The molecule has 0 aromatic heterocycles. The molecule has 1 fully saturated rings. The Labute approximate surface area is 99.4 Å². The van der Waals surface area contributed by atoms with Crippen molar-refractivity contribution in [3.63, 3.8) is 0 Å². The van der Waals surface area contributed by atoms with E-state index < -0.39 is 0 Å². The molecule has 1 aliphatic carbocycles. The summed E-state index contributed by atoms with van der Waals surface area (Å²) in [6.07, 6.45) is 3.84. The van der Waals surface area contributed by atoms with Crippen molar-refractivity contribution in [3.8, 4) is 0 Å². The van der Waals surface area contributed by atoms with Crippen molar-refractivity contribution in [1.29, 1.82) is 0 Å². The fourth-order valence-electron chi connectivity index (χ4n) is 2.75. The first-order chi connectivity index (χ1) is 7.54. The molecule has 3 nitrogen and oxygen atoms in total. The Morgan fingerprint density at radius 2 is 2.06 bits per heavy atom. The van der Waals surface area contributed by atoms with Crippen molar-refractivity contribution in [2.75, 3.05) is 13.6 Å². The van der Waals surface area contributed by atoms with E-state index in [0.717, 1.165) is 11.8 Å². The van der Waals surface area contributed by atoms with E-state index in [1.807, 2.05) is 0 Å².